The Hall–Kier alpha value is -1.07. The zero-order chi connectivity index (χ0) is 13.1. The van der Waals surface area contributed by atoms with E-state index in [1.807, 2.05) is 19.1 Å². The number of carbonyl (C=O) groups excluding carboxylic acids is 1. The van der Waals surface area contributed by atoms with Crippen LogP contribution in [0, 0.1) is 0 Å². The molecule has 98 valence electrons. The van der Waals surface area contributed by atoms with Crippen LogP contribution in [-0.4, -0.2) is 41.7 Å². The molecule has 1 aliphatic rings. The van der Waals surface area contributed by atoms with Gasteiger partial charge < -0.3 is 19.9 Å². The lowest BCUT2D eigenvalue weighted by molar-refractivity contribution is 0.0164. The first kappa shape index (κ1) is 14.0. The zero-order valence-corrected chi connectivity index (χ0v) is 10.8. The monoisotopic (exact) mass is 243 g/mol. The van der Waals surface area contributed by atoms with E-state index in [2.05, 4.69) is 5.32 Å². The number of hydrogen-bond acceptors (Lipinski definition) is 4. The SMILES string of the molecule is CC1C=C[C@H]([C@@H](CO)NC(=O)OC(C)(C)C)O1. The highest BCUT2D eigenvalue weighted by atomic mass is 16.6. The van der Waals surface area contributed by atoms with E-state index in [1.165, 1.54) is 0 Å². The number of ether oxygens (including phenoxy) is 2. The largest absolute Gasteiger partial charge is 0.444 e. The topological polar surface area (TPSA) is 67.8 Å². The van der Waals surface area contributed by atoms with E-state index >= 15 is 0 Å². The average molecular weight is 243 g/mol. The van der Waals surface area contributed by atoms with Crippen LogP contribution < -0.4 is 5.32 Å². The molecule has 1 aliphatic heterocycles. The molecule has 5 heteroatoms. The molecule has 0 spiro atoms. The van der Waals surface area contributed by atoms with Crippen molar-refractivity contribution < 1.29 is 19.4 Å². The summed E-state index contributed by atoms with van der Waals surface area (Å²) in [7, 11) is 0. The summed E-state index contributed by atoms with van der Waals surface area (Å²) >= 11 is 0. The summed E-state index contributed by atoms with van der Waals surface area (Å²) in [6.07, 6.45) is 2.89. The normalized spacial score (nSPS) is 25.7. The minimum absolute atomic E-state index is 0.00878. The van der Waals surface area contributed by atoms with Crippen molar-refractivity contribution in [1.82, 2.24) is 5.32 Å². The number of amides is 1. The number of carbonyl (C=O) groups is 1. The van der Waals surface area contributed by atoms with Crippen molar-refractivity contribution in [2.24, 2.45) is 0 Å². The molecule has 2 N–H and O–H groups in total. The molecule has 0 aromatic carbocycles. The van der Waals surface area contributed by atoms with Gasteiger partial charge in [0, 0.05) is 0 Å². The van der Waals surface area contributed by atoms with Gasteiger partial charge in [-0.2, -0.15) is 0 Å². The van der Waals surface area contributed by atoms with Gasteiger partial charge in [0.2, 0.25) is 0 Å². The van der Waals surface area contributed by atoms with Crippen LogP contribution in [0.25, 0.3) is 0 Å². The second-order valence-corrected chi connectivity index (χ2v) is 5.13. The molecule has 0 saturated carbocycles. The lowest BCUT2D eigenvalue weighted by Gasteiger charge is -2.25. The number of aliphatic hydroxyl groups is 1. The fraction of sp³-hybridized carbons (Fsp3) is 0.750. The maximum atomic E-state index is 11.5. The Kier molecular flexibility index (Phi) is 4.54. The summed E-state index contributed by atoms with van der Waals surface area (Å²) in [5.74, 6) is 0. The van der Waals surface area contributed by atoms with Crippen molar-refractivity contribution >= 4 is 6.09 Å². The molecule has 1 rings (SSSR count). The molecule has 1 amide bonds. The maximum absolute atomic E-state index is 11.5. The summed E-state index contributed by atoms with van der Waals surface area (Å²) in [6, 6.07) is -0.481. The molecular weight excluding hydrogens is 222 g/mol. The Balaban J connectivity index is 2.47. The molecule has 0 radical (unpaired) electrons. The third kappa shape index (κ3) is 4.75. The van der Waals surface area contributed by atoms with Crippen molar-refractivity contribution in [2.75, 3.05) is 6.61 Å². The quantitative estimate of drug-likeness (QED) is 0.731. The second-order valence-electron chi connectivity index (χ2n) is 5.13. The van der Waals surface area contributed by atoms with E-state index in [0.717, 1.165) is 0 Å². The molecule has 1 unspecified atom stereocenters. The van der Waals surface area contributed by atoms with Crippen molar-refractivity contribution in [3.05, 3.63) is 12.2 Å². The third-order valence-corrected chi connectivity index (χ3v) is 2.24. The van der Waals surface area contributed by atoms with Gasteiger partial charge in [-0.25, -0.2) is 4.79 Å². The minimum Gasteiger partial charge on any atom is -0.444 e. The Labute approximate surface area is 102 Å². The third-order valence-electron chi connectivity index (χ3n) is 2.24. The highest BCUT2D eigenvalue weighted by Gasteiger charge is 2.27. The average Bonchev–Trinajstić information content (AvgIpc) is 2.58. The van der Waals surface area contributed by atoms with E-state index < -0.39 is 17.7 Å². The van der Waals surface area contributed by atoms with Crippen molar-refractivity contribution in [3.63, 3.8) is 0 Å². The maximum Gasteiger partial charge on any atom is 0.408 e. The standard InChI is InChI=1S/C12H21NO4/c1-8-5-6-10(16-8)9(7-14)13-11(15)17-12(2,3)4/h5-6,8-10,14H,7H2,1-4H3,(H,13,15)/t8?,9-,10-/m1/s1. The van der Waals surface area contributed by atoms with Crippen molar-refractivity contribution in [2.45, 2.75) is 51.5 Å². The Bertz CT molecular complexity index is 295. The van der Waals surface area contributed by atoms with Crippen LogP contribution in [0.3, 0.4) is 0 Å². The number of aliphatic hydroxyl groups excluding tert-OH is 1. The summed E-state index contributed by atoms with van der Waals surface area (Å²) in [5, 5.41) is 11.8. The van der Waals surface area contributed by atoms with Crippen molar-refractivity contribution in [1.29, 1.82) is 0 Å². The predicted octanol–water partition coefficient (Wildman–Crippen LogP) is 1.22. The molecule has 0 bridgehead atoms. The second kappa shape index (κ2) is 5.51. The summed E-state index contributed by atoms with van der Waals surface area (Å²) in [5.41, 5.74) is -0.552. The van der Waals surface area contributed by atoms with Crippen LogP contribution in [0.15, 0.2) is 12.2 Å². The molecule has 0 aliphatic carbocycles. The van der Waals surface area contributed by atoms with Crippen LogP contribution in [0.1, 0.15) is 27.7 Å². The van der Waals surface area contributed by atoms with E-state index in [0.29, 0.717) is 0 Å². The predicted molar refractivity (Wildman–Crippen MR) is 63.7 cm³/mol. The Morgan fingerprint density at radius 2 is 2.18 bits per heavy atom. The van der Waals surface area contributed by atoms with Gasteiger partial charge in [0.1, 0.15) is 5.60 Å². The molecule has 0 aromatic rings. The lowest BCUT2D eigenvalue weighted by atomic mass is 10.1. The van der Waals surface area contributed by atoms with E-state index in [-0.39, 0.29) is 18.8 Å². The smallest absolute Gasteiger partial charge is 0.408 e. The first-order valence-electron chi connectivity index (χ1n) is 5.76. The first-order chi connectivity index (χ1) is 7.81. The number of hydrogen-bond donors (Lipinski definition) is 2. The molecule has 0 aromatic heterocycles. The first-order valence-corrected chi connectivity index (χ1v) is 5.76. The van der Waals surface area contributed by atoms with Gasteiger partial charge in [-0.3, -0.25) is 0 Å². The zero-order valence-electron chi connectivity index (χ0n) is 10.8. The summed E-state index contributed by atoms with van der Waals surface area (Å²) in [6.45, 7) is 7.07. The Morgan fingerprint density at radius 3 is 2.59 bits per heavy atom. The van der Waals surface area contributed by atoms with Crippen molar-refractivity contribution in [3.8, 4) is 0 Å². The lowest BCUT2D eigenvalue weighted by Crippen LogP contribution is -2.47. The minimum atomic E-state index is -0.552. The van der Waals surface area contributed by atoms with E-state index in [9.17, 15) is 9.90 Å². The summed E-state index contributed by atoms with van der Waals surface area (Å²) in [4.78, 5) is 11.5. The molecular formula is C12H21NO4. The molecule has 17 heavy (non-hydrogen) atoms. The molecule has 3 atom stereocenters. The summed E-state index contributed by atoms with van der Waals surface area (Å²) < 4.78 is 10.6. The fourth-order valence-corrected chi connectivity index (χ4v) is 1.52. The van der Waals surface area contributed by atoms with Gasteiger partial charge in [-0.1, -0.05) is 12.2 Å². The number of nitrogens with one attached hydrogen (secondary N) is 1. The highest BCUT2D eigenvalue weighted by molar-refractivity contribution is 5.68. The van der Waals surface area contributed by atoms with E-state index in [4.69, 9.17) is 9.47 Å². The molecule has 0 saturated heterocycles. The molecule has 0 fully saturated rings. The van der Waals surface area contributed by atoms with Crippen LogP contribution in [0.2, 0.25) is 0 Å². The van der Waals surface area contributed by atoms with Gasteiger partial charge in [-0.05, 0) is 27.7 Å². The van der Waals surface area contributed by atoms with Gasteiger partial charge >= 0.3 is 6.09 Å². The number of rotatable bonds is 3. The van der Waals surface area contributed by atoms with Crippen LogP contribution in [-0.2, 0) is 9.47 Å². The van der Waals surface area contributed by atoms with Gasteiger partial charge in [0.15, 0.2) is 0 Å². The van der Waals surface area contributed by atoms with Crippen LogP contribution in [0.4, 0.5) is 4.79 Å². The van der Waals surface area contributed by atoms with Gasteiger partial charge in [0.05, 0.1) is 24.9 Å². The van der Waals surface area contributed by atoms with Gasteiger partial charge in [0.25, 0.3) is 0 Å². The fourth-order valence-electron chi connectivity index (χ4n) is 1.52. The molecule has 1 heterocycles. The molecule has 5 nitrogen and oxygen atoms in total. The van der Waals surface area contributed by atoms with Crippen LogP contribution in [0.5, 0.6) is 0 Å². The highest BCUT2D eigenvalue weighted by Crippen LogP contribution is 2.14. The van der Waals surface area contributed by atoms with E-state index in [1.54, 1.807) is 20.8 Å². The number of alkyl carbamates (subject to hydrolysis) is 1. The van der Waals surface area contributed by atoms with Gasteiger partial charge in [-0.15, -0.1) is 0 Å². The van der Waals surface area contributed by atoms with Crippen LogP contribution >= 0.6 is 0 Å². The Morgan fingerprint density at radius 1 is 1.53 bits per heavy atom.